The molecule has 7 heteroatoms. The fraction of sp³-hybridized carbons (Fsp3) is 0.591. The molecule has 1 saturated heterocycles. The van der Waals surface area contributed by atoms with Crippen LogP contribution in [0.15, 0.2) is 24.4 Å². The Kier molecular flexibility index (Phi) is 5.85. The molecular weight excluding hydrogens is 396 g/mol. The fourth-order valence-corrected chi connectivity index (χ4v) is 5.29. The number of fused-ring (bicyclic) bond motifs is 1. The van der Waals surface area contributed by atoms with Crippen LogP contribution in [0.1, 0.15) is 49.4 Å². The molecule has 3 unspecified atom stereocenters. The van der Waals surface area contributed by atoms with E-state index in [9.17, 15) is 13.6 Å². The van der Waals surface area contributed by atoms with E-state index in [4.69, 9.17) is 11.6 Å². The number of hydrogen-bond acceptors (Lipinski definition) is 2. The molecule has 2 N–H and O–H groups in total. The van der Waals surface area contributed by atoms with Crippen molar-refractivity contribution in [2.24, 2.45) is 11.8 Å². The minimum atomic E-state index is -2.64. The Balaban J connectivity index is 1.52. The Labute approximate surface area is 175 Å². The molecule has 1 amide bonds. The maximum atomic E-state index is 13.9. The van der Waals surface area contributed by atoms with E-state index in [0.717, 1.165) is 36.8 Å². The second kappa shape index (κ2) is 8.23. The smallest absolute Gasteiger partial charge is 0.253 e. The molecule has 2 aliphatic rings. The lowest BCUT2D eigenvalue weighted by molar-refractivity contribution is -0.0685. The third-order valence-electron chi connectivity index (χ3n) is 6.20. The summed E-state index contributed by atoms with van der Waals surface area (Å²) in [6.45, 7) is 3.91. The van der Waals surface area contributed by atoms with E-state index >= 15 is 0 Å². The Morgan fingerprint density at radius 1 is 1.38 bits per heavy atom. The number of nitrogens with zero attached hydrogens (tertiary/aromatic N) is 1. The molecule has 1 aliphatic carbocycles. The first-order chi connectivity index (χ1) is 13.8. The van der Waals surface area contributed by atoms with Gasteiger partial charge >= 0.3 is 0 Å². The monoisotopic (exact) mass is 423 g/mol. The largest absolute Gasteiger partial charge is 0.352 e. The topological polar surface area (TPSA) is 46.1 Å². The van der Waals surface area contributed by atoms with Gasteiger partial charge in [0, 0.05) is 43.6 Å². The molecule has 29 heavy (non-hydrogen) atoms. The van der Waals surface area contributed by atoms with E-state index in [2.05, 4.69) is 15.2 Å². The highest BCUT2D eigenvalue weighted by Crippen LogP contribution is 2.39. The SMILES string of the molecule is CC1CC(CNC(=O)c2cn(CC3CCCN3)c3cccc(Cl)c23)CC(F)(F)C1. The van der Waals surface area contributed by atoms with E-state index in [1.807, 2.05) is 25.3 Å². The van der Waals surface area contributed by atoms with Gasteiger partial charge in [-0.25, -0.2) is 8.78 Å². The van der Waals surface area contributed by atoms with Crippen LogP contribution in [0.3, 0.4) is 0 Å². The van der Waals surface area contributed by atoms with E-state index < -0.39 is 5.92 Å². The van der Waals surface area contributed by atoms with Crippen LogP contribution in [0.2, 0.25) is 5.02 Å². The summed E-state index contributed by atoms with van der Waals surface area (Å²) in [7, 11) is 0. The summed E-state index contributed by atoms with van der Waals surface area (Å²) < 4.78 is 29.8. The zero-order valence-corrected chi connectivity index (χ0v) is 17.4. The molecule has 2 fully saturated rings. The lowest BCUT2D eigenvalue weighted by atomic mass is 9.80. The molecule has 0 bridgehead atoms. The molecule has 1 aliphatic heterocycles. The maximum Gasteiger partial charge on any atom is 0.253 e. The number of aromatic nitrogens is 1. The van der Waals surface area contributed by atoms with Crippen molar-refractivity contribution < 1.29 is 13.6 Å². The first kappa shape index (κ1) is 20.6. The highest BCUT2D eigenvalue weighted by molar-refractivity contribution is 6.36. The second-order valence-corrected chi connectivity index (χ2v) is 9.21. The number of carbonyl (C=O) groups is 1. The molecule has 0 spiro atoms. The Morgan fingerprint density at radius 2 is 2.21 bits per heavy atom. The zero-order valence-electron chi connectivity index (χ0n) is 16.7. The van der Waals surface area contributed by atoms with Crippen molar-refractivity contribution in [3.8, 4) is 0 Å². The van der Waals surface area contributed by atoms with E-state index in [1.54, 1.807) is 6.07 Å². The number of carbonyl (C=O) groups excluding carboxylic acids is 1. The van der Waals surface area contributed by atoms with Gasteiger partial charge < -0.3 is 15.2 Å². The maximum absolute atomic E-state index is 13.9. The number of alkyl halides is 2. The van der Waals surface area contributed by atoms with Crippen LogP contribution >= 0.6 is 11.6 Å². The van der Waals surface area contributed by atoms with Gasteiger partial charge in [0.05, 0.1) is 16.1 Å². The van der Waals surface area contributed by atoms with Gasteiger partial charge in [-0.2, -0.15) is 0 Å². The van der Waals surface area contributed by atoms with Gasteiger partial charge in [-0.1, -0.05) is 24.6 Å². The zero-order chi connectivity index (χ0) is 20.6. The van der Waals surface area contributed by atoms with Crippen molar-refractivity contribution in [3.63, 3.8) is 0 Å². The predicted octanol–water partition coefficient (Wildman–Crippen LogP) is 4.85. The van der Waals surface area contributed by atoms with E-state index in [1.165, 1.54) is 0 Å². The normalized spacial score (nSPS) is 26.7. The van der Waals surface area contributed by atoms with Gasteiger partial charge in [-0.05, 0) is 49.8 Å². The van der Waals surface area contributed by atoms with Crippen LogP contribution in [-0.4, -0.2) is 35.5 Å². The molecule has 4 nitrogen and oxygen atoms in total. The number of benzene rings is 1. The van der Waals surface area contributed by atoms with Crippen LogP contribution < -0.4 is 10.6 Å². The summed E-state index contributed by atoms with van der Waals surface area (Å²) in [6, 6.07) is 6.01. The van der Waals surface area contributed by atoms with Crippen LogP contribution in [-0.2, 0) is 6.54 Å². The lowest BCUT2D eigenvalue weighted by Gasteiger charge is -2.33. The Hall–Kier alpha value is -1.66. The molecule has 3 atom stereocenters. The molecule has 4 rings (SSSR count). The van der Waals surface area contributed by atoms with Crippen molar-refractivity contribution >= 4 is 28.4 Å². The average Bonchev–Trinajstić information content (AvgIpc) is 3.27. The minimum Gasteiger partial charge on any atom is -0.352 e. The highest BCUT2D eigenvalue weighted by Gasteiger charge is 2.39. The summed E-state index contributed by atoms with van der Waals surface area (Å²) in [5, 5.41) is 7.63. The Bertz CT molecular complexity index is 892. The fourth-order valence-electron chi connectivity index (χ4n) is 5.02. The number of amides is 1. The van der Waals surface area contributed by atoms with Crippen molar-refractivity contribution in [1.29, 1.82) is 0 Å². The molecule has 1 aromatic heterocycles. The van der Waals surface area contributed by atoms with Crippen LogP contribution in [0.25, 0.3) is 10.9 Å². The van der Waals surface area contributed by atoms with E-state index in [-0.39, 0.29) is 37.1 Å². The quantitative estimate of drug-likeness (QED) is 0.722. The first-order valence-corrected chi connectivity index (χ1v) is 10.9. The van der Waals surface area contributed by atoms with Gasteiger partial charge in [0.1, 0.15) is 0 Å². The van der Waals surface area contributed by atoms with Crippen LogP contribution in [0, 0.1) is 11.8 Å². The molecule has 2 heterocycles. The van der Waals surface area contributed by atoms with Crippen molar-refractivity contribution in [1.82, 2.24) is 15.2 Å². The van der Waals surface area contributed by atoms with Crippen molar-refractivity contribution in [2.75, 3.05) is 13.1 Å². The summed E-state index contributed by atoms with van der Waals surface area (Å²) in [5.41, 5.74) is 1.44. The molecule has 1 saturated carbocycles. The molecule has 2 aromatic rings. The third-order valence-corrected chi connectivity index (χ3v) is 6.52. The van der Waals surface area contributed by atoms with Gasteiger partial charge in [-0.15, -0.1) is 0 Å². The van der Waals surface area contributed by atoms with E-state index in [0.29, 0.717) is 23.0 Å². The molecule has 0 radical (unpaired) electrons. The van der Waals surface area contributed by atoms with Gasteiger partial charge in [0.2, 0.25) is 5.92 Å². The Morgan fingerprint density at radius 3 is 2.93 bits per heavy atom. The van der Waals surface area contributed by atoms with Gasteiger partial charge in [0.25, 0.3) is 5.91 Å². The first-order valence-electron chi connectivity index (χ1n) is 10.5. The third kappa shape index (κ3) is 4.58. The second-order valence-electron chi connectivity index (χ2n) is 8.80. The minimum absolute atomic E-state index is 0.0316. The summed E-state index contributed by atoms with van der Waals surface area (Å²) in [6.07, 6.45) is 4.61. The number of hydrogen-bond donors (Lipinski definition) is 2. The number of nitrogens with one attached hydrogen (secondary N) is 2. The van der Waals surface area contributed by atoms with Crippen molar-refractivity contribution in [3.05, 3.63) is 35.0 Å². The number of halogens is 3. The number of rotatable bonds is 5. The molecule has 158 valence electrons. The van der Waals surface area contributed by atoms with Gasteiger partial charge in [0.15, 0.2) is 0 Å². The standard InChI is InChI=1S/C22H28ClF2N3O/c1-14-8-15(10-22(24,25)9-14)11-27-21(29)17-13-28(12-16-4-3-7-26-16)19-6-2-5-18(23)20(17)19/h2,5-6,13-16,26H,3-4,7-12H2,1H3,(H,27,29). The lowest BCUT2D eigenvalue weighted by Crippen LogP contribution is -2.37. The van der Waals surface area contributed by atoms with Crippen LogP contribution in [0.4, 0.5) is 8.78 Å². The molecule has 1 aromatic carbocycles. The summed E-state index contributed by atoms with van der Waals surface area (Å²) in [5.74, 6) is -3.12. The average molecular weight is 424 g/mol. The highest BCUT2D eigenvalue weighted by atomic mass is 35.5. The summed E-state index contributed by atoms with van der Waals surface area (Å²) >= 11 is 6.43. The van der Waals surface area contributed by atoms with Crippen LogP contribution in [0.5, 0.6) is 0 Å². The van der Waals surface area contributed by atoms with Crippen molar-refractivity contribution in [2.45, 2.75) is 57.5 Å². The molecular formula is C22H28ClF2N3O. The summed E-state index contributed by atoms with van der Waals surface area (Å²) in [4.78, 5) is 13.0. The van der Waals surface area contributed by atoms with Gasteiger partial charge in [-0.3, -0.25) is 4.79 Å². The predicted molar refractivity (Wildman–Crippen MR) is 112 cm³/mol.